The van der Waals surface area contributed by atoms with Gasteiger partial charge in [0.1, 0.15) is 5.75 Å². The molecule has 1 saturated carbocycles. The van der Waals surface area contributed by atoms with Gasteiger partial charge in [0.25, 0.3) is 0 Å². The topological polar surface area (TPSA) is 38.5 Å². The Hall–Kier alpha value is -2.26. The van der Waals surface area contributed by atoms with Gasteiger partial charge in [-0.25, -0.2) is 0 Å². The van der Waals surface area contributed by atoms with Crippen LogP contribution in [0.3, 0.4) is 0 Å². The van der Waals surface area contributed by atoms with Crippen molar-refractivity contribution in [3.8, 4) is 5.75 Å². The normalized spacial score (nSPS) is 23.3. The fraction of sp³-hybridized carbons (Fsp3) is 0.500. The lowest BCUT2D eigenvalue weighted by Gasteiger charge is -2.34. The van der Waals surface area contributed by atoms with E-state index in [4.69, 9.17) is 10.5 Å². The number of benzene rings is 1. The van der Waals surface area contributed by atoms with Crippen molar-refractivity contribution in [3.05, 3.63) is 71.5 Å². The van der Waals surface area contributed by atoms with Crippen LogP contribution in [-0.4, -0.2) is 24.6 Å². The van der Waals surface area contributed by atoms with Crippen LogP contribution in [0, 0.1) is 11.8 Å². The van der Waals surface area contributed by atoms with Crippen molar-refractivity contribution < 1.29 is 4.74 Å². The van der Waals surface area contributed by atoms with E-state index in [9.17, 15) is 0 Å². The number of allylic oxidation sites excluding steroid dienone is 6. The van der Waals surface area contributed by atoms with Gasteiger partial charge in [0.2, 0.25) is 0 Å². The Morgan fingerprint density at radius 2 is 2.00 bits per heavy atom. The van der Waals surface area contributed by atoms with Crippen molar-refractivity contribution in [3.63, 3.8) is 0 Å². The third-order valence-corrected chi connectivity index (χ3v) is 6.70. The molecule has 1 aromatic carbocycles. The summed E-state index contributed by atoms with van der Waals surface area (Å²) in [7, 11) is 1.73. The van der Waals surface area contributed by atoms with Crippen molar-refractivity contribution in [2.24, 2.45) is 17.6 Å². The van der Waals surface area contributed by atoms with Crippen LogP contribution in [0.15, 0.2) is 60.4 Å². The van der Waals surface area contributed by atoms with Crippen LogP contribution < -0.4 is 10.5 Å². The number of rotatable bonds is 6. The van der Waals surface area contributed by atoms with Gasteiger partial charge in [0, 0.05) is 23.8 Å². The molecule has 2 unspecified atom stereocenters. The van der Waals surface area contributed by atoms with Gasteiger partial charge in [0.15, 0.2) is 0 Å². The first-order valence-electron chi connectivity index (χ1n) is 11.9. The van der Waals surface area contributed by atoms with E-state index < -0.39 is 0 Å². The van der Waals surface area contributed by atoms with E-state index >= 15 is 0 Å². The molecule has 1 fully saturated rings. The number of nitrogens with two attached hydrogens (primary N) is 1. The van der Waals surface area contributed by atoms with E-state index in [1.54, 1.807) is 7.11 Å². The second-order valence-corrected chi connectivity index (χ2v) is 9.14. The highest BCUT2D eigenvalue weighted by Crippen LogP contribution is 2.41. The molecule has 31 heavy (non-hydrogen) atoms. The van der Waals surface area contributed by atoms with Gasteiger partial charge in [-0.3, -0.25) is 0 Å². The summed E-state index contributed by atoms with van der Waals surface area (Å²) in [5.74, 6) is 1.81. The van der Waals surface area contributed by atoms with Gasteiger partial charge >= 0.3 is 0 Å². The van der Waals surface area contributed by atoms with Crippen LogP contribution in [-0.2, 0) is 6.42 Å². The third-order valence-electron chi connectivity index (χ3n) is 6.70. The molecule has 168 valence electrons. The van der Waals surface area contributed by atoms with E-state index in [1.165, 1.54) is 60.2 Å². The molecule has 0 bridgehead atoms. The van der Waals surface area contributed by atoms with Crippen molar-refractivity contribution in [1.29, 1.82) is 0 Å². The molecule has 3 rings (SSSR count). The molecule has 1 aliphatic carbocycles. The summed E-state index contributed by atoms with van der Waals surface area (Å²) in [6.45, 7) is 11.3. The molecule has 3 heteroatoms. The zero-order valence-corrected chi connectivity index (χ0v) is 19.9. The number of hydrogen-bond acceptors (Lipinski definition) is 3. The molecule has 0 spiro atoms. The number of methoxy groups -OCH3 is 1. The van der Waals surface area contributed by atoms with E-state index in [2.05, 4.69) is 68.7 Å². The quantitative estimate of drug-likeness (QED) is 0.536. The monoisotopic (exact) mass is 420 g/mol. The zero-order chi connectivity index (χ0) is 22.4. The summed E-state index contributed by atoms with van der Waals surface area (Å²) in [5.41, 5.74) is 13.3. The van der Waals surface area contributed by atoms with Gasteiger partial charge in [-0.05, 0) is 74.3 Å². The van der Waals surface area contributed by atoms with Gasteiger partial charge in [-0.15, -0.1) is 6.58 Å². The predicted molar refractivity (Wildman–Crippen MR) is 133 cm³/mol. The maximum absolute atomic E-state index is 6.68. The van der Waals surface area contributed by atoms with Crippen LogP contribution in [0.25, 0.3) is 5.70 Å². The number of fused-ring (bicyclic) bond motifs is 1. The van der Waals surface area contributed by atoms with Gasteiger partial charge in [-0.1, -0.05) is 50.5 Å². The molecular weight excluding hydrogens is 380 g/mol. The molecule has 2 aliphatic rings. The molecule has 0 radical (unpaired) electrons. The first-order valence-corrected chi connectivity index (χ1v) is 11.9. The molecule has 2 N–H and O–H groups in total. The fourth-order valence-corrected chi connectivity index (χ4v) is 5.09. The summed E-state index contributed by atoms with van der Waals surface area (Å²) in [5, 5.41) is 0. The second-order valence-electron chi connectivity index (χ2n) is 9.14. The molecule has 1 heterocycles. The summed E-state index contributed by atoms with van der Waals surface area (Å²) in [6, 6.07) is 6.57. The van der Waals surface area contributed by atoms with Crippen LogP contribution in [0.1, 0.15) is 64.0 Å². The summed E-state index contributed by atoms with van der Waals surface area (Å²) in [4.78, 5) is 2.48. The first-order chi connectivity index (χ1) is 15.0. The number of hydrogen-bond donors (Lipinski definition) is 1. The molecule has 0 amide bonds. The predicted octanol–water partition coefficient (Wildman–Crippen LogP) is 6.47. The Kier molecular flexibility index (Phi) is 8.20. The van der Waals surface area contributed by atoms with Gasteiger partial charge in [-0.2, -0.15) is 0 Å². The Labute approximate surface area is 189 Å². The van der Waals surface area contributed by atoms with Crippen molar-refractivity contribution in [2.45, 2.75) is 65.3 Å². The maximum Gasteiger partial charge on any atom is 0.119 e. The molecule has 3 nitrogen and oxygen atoms in total. The number of nitrogens with zero attached hydrogens (tertiary/aromatic N) is 1. The fourth-order valence-electron chi connectivity index (χ4n) is 5.09. The van der Waals surface area contributed by atoms with E-state index in [1.807, 2.05) is 6.08 Å². The summed E-state index contributed by atoms with van der Waals surface area (Å²) >= 11 is 0. The average Bonchev–Trinajstić information content (AvgIpc) is 2.93. The van der Waals surface area contributed by atoms with Crippen LogP contribution in [0.4, 0.5) is 0 Å². The third kappa shape index (κ3) is 5.51. The summed E-state index contributed by atoms with van der Waals surface area (Å²) in [6.07, 6.45) is 16.2. The lowest BCUT2D eigenvalue weighted by molar-refractivity contribution is 0.396. The minimum Gasteiger partial charge on any atom is -0.497 e. The van der Waals surface area contributed by atoms with E-state index in [0.717, 1.165) is 18.7 Å². The Morgan fingerprint density at radius 1 is 1.26 bits per heavy atom. The van der Waals surface area contributed by atoms with Crippen LogP contribution in [0.5, 0.6) is 5.75 Å². The largest absolute Gasteiger partial charge is 0.497 e. The van der Waals surface area contributed by atoms with Gasteiger partial charge < -0.3 is 15.4 Å². The highest BCUT2D eigenvalue weighted by molar-refractivity contribution is 5.75. The SMILES string of the molecule is C=CC(C)/C=C(\C)N1CC(N)Cc2cc(OC)ccc2/C1=C(/C=C/C)C1CCCCC1. The Balaban J connectivity index is 2.26. The Morgan fingerprint density at radius 3 is 2.65 bits per heavy atom. The molecule has 1 aromatic rings. The van der Waals surface area contributed by atoms with Crippen LogP contribution >= 0.6 is 0 Å². The van der Waals surface area contributed by atoms with Crippen molar-refractivity contribution in [1.82, 2.24) is 4.90 Å². The van der Waals surface area contributed by atoms with Gasteiger partial charge in [0.05, 0.1) is 12.8 Å². The number of ether oxygens (including phenoxy) is 1. The van der Waals surface area contributed by atoms with E-state index in [-0.39, 0.29) is 6.04 Å². The zero-order valence-electron chi connectivity index (χ0n) is 19.9. The van der Waals surface area contributed by atoms with Crippen molar-refractivity contribution in [2.75, 3.05) is 13.7 Å². The highest BCUT2D eigenvalue weighted by atomic mass is 16.5. The molecule has 2 atom stereocenters. The summed E-state index contributed by atoms with van der Waals surface area (Å²) < 4.78 is 5.55. The maximum atomic E-state index is 6.68. The lowest BCUT2D eigenvalue weighted by Crippen LogP contribution is -2.35. The molecule has 0 aromatic heterocycles. The Bertz CT molecular complexity index is 858. The minimum atomic E-state index is 0.0592. The lowest BCUT2D eigenvalue weighted by atomic mass is 9.81. The minimum absolute atomic E-state index is 0.0592. The highest BCUT2D eigenvalue weighted by Gasteiger charge is 2.29. The van der Waals surface area contributed by atoms with E-state index in [0.29, 0.717) is 11.8 Å². The first kappa shape index (κ1) is 23.4. The standard InChI is InChI=1S/C28H40N2O/c1-6-11-26(22-12-9-8-10-13-22)28-27-15-14-25(31-5)18-23(27)17-24(29)19-30(28)21(4)16-20(3)7-2/h6-7,11,14-16,18,20,22,24H,2,8-10,12-13,17,19,29H2,1,3-5H3/b11-6+,21-16+,28-26+. The molecule has 1 aliphatic heterocycles. The van der Waals surface area contributed by atoms with Crippen molar-refractivity contribution >= 4 is 5.70 Å². The van der Waals surface area contributed by atoms with Crippen LogP contribution in [0.2, 0.25) is 0 Å². The molecular formula is C28H40N2O. The smallest absolute Gasteiger partial charge is 0.119 e. The second kappa shape index (κ2) is 10.9. The average molecular weight is 421 g/mol. The molecule has 0 saturated heterocycles.